The number of hydrogen-bond donors (Lipinski definition) is 1. The van der Waals surface area contributed by atoms with Crippen molar-refractivity contribution in [3.05, 3.63) is 35.4 Å². The highest BCUT2D eigenvalue weighted by atomic mass is 19.1. The number of nitrogens with zero attached hydrogens (tertiary/aromatic N) is 1. The molecule has 1 rings (SSSR count). The molecule has 2 nitrogen and oxygen atoms in total. The molecule has 0 bridgehead atoms. The largest absolute Gasteiger partial charge is 0.329 e. The quantitative estimate of drug-likeness (QED) is 0.848. The van der Waals surface area contributed by atoms with Gasteiger partial charge in [0.25, 0.3) is 0 Å². The third-order valence-corrected chi connectivity index (χ3v) is 3.37. The lowest BCUT2D eigenvalue weighted by Gasteiger charge is -2.29. The summed E-state index contributed by atoms with van der Waals surface area (Å²) >= 11 is 0. The van der Waals surface area contributed by atoms with Gasteiger partial charge in [-0.3, -0.25) is 4.90 Å². The molecule has 2 N–H and O–H groups in total. The molecule has 0 aliphatic rings. The monoisotopic (exact) mass is 256 g/mol. The fraction of sp³-hybridized carbons (Fsp3) is 0.571. The SMILES string of the molecule is CCC(C)CN(C)C(CN)c1ccc(F)cc1F. The van der Waals surface area contributed by atoms with E-state index in [9.17, 15) is 8.78 Å². The van der Waals surface area contributed by atoms with Crippen LogP contribution < -0.4 is 5.73 Å². The Bertz CT molecular complexity index is 382. The van der Waals surface area contributed by atoms with Crippen molar-refractivity contribution in [2.24, 2.45) is 11.7 Å². The Balaban J connectivity index is 2.88. The van der Waals surface area contributed by atoms with E-state index >= 15 is 0 Å². The summed E-state index contributed by atoms with van der Waals surface area (Å²) in [4.78, 5) is 2.03. The molecule has 0 aliphatic carbocycles. The number of nitrogens with two attached hydrogens (primary N) is 1. The highest BCUT2D eigenvalue weighted by Gasteiger charge is 2.20. The first-order chi connectivity index (χ1) is 8.49. The summed E-state index contributed by atoms with van der Waals surface area (Å²) in [6, 6.07) is 3.46. The van der Waals surface area contributed by atoms with Crippen molar-refractivity contribution in [1.82, 2.24) is 4.90 Å². The lowest BCUT2D eigenvalue weighted by molar-refractivity contribution is 0.211. The van der Waals surface area contributed by atoms with Crippen LogP contribution >= 0.6 is 0 Å². The van der Waals surface area contributed by atoms with E-state index < -0.39 is 11.6 Å². The van der Waals surface area contributed by atoms with Crippen molar-refractivity contribution in [2.45, 2.75) is 26.3 Å². The fourth-order valence-electron chi connectivity index (χ4n) is 2.06. The predicted molar refractivity (Wildman–Crippen MR) is 70.2 cm³/mol. The Labute approximate surface area is 108 Å². The van der Waals surface area contributed by atoms with Gasteiger partial charge in [-0.05, 0) is 19.0 Å². The van der Waals surface area contributed by atoms with Crippen molar-refractivity contribution in [2.75, 3.05) is 20.1 Å². The van der Waals surface area contributed by atoms with Gasteiger partial charge in [-0.2, -0.15) is 0 Å². The van der Waals surface area contributed by atoms with Crippen LogP contribution in [0.4, 0.5) is 8.78 Å². The molecule has 0 saturated heterocycles. The summed E-state index contributed by atoms with van der Waals surface area (Å²) in [5.41, 5.74) is 6.19. The predicted octanol–water partition coefficient (Wildman–Crippen LogP) is 2.94. The molecule has 4 heteroatoms. The first-order valence-corrected chi connectivity index (χ1v) is 6.34. The lowest BCUT2D eigenvalue weighted by Crippen LogP contribution is -2.34. The first-order valence-electron chi connectivity index (χ1n) is 6.34. The first kappa shape index (κ1) is 15.1. The molecule has 0 spiro atoms. The van der Waals surface area contributed by atoms with Gasteiger partial charge in [0.15, 0.2) is 0 Å². The molecule has 0 radical (unpaired) electrons. The zero-order chi connectivity index (χ0) is 13.7. The third-order valence-electron chi connectivity index (χ3n) is 3.37. The van der Waals surface area contributed by atoms with E-state index in [0.29, 0.717) is 18.0 Å². The number of halogens is 2. The number of rotatable bonds is 6. The summed E-state index contributed by atoms with van der Waals surface area (Å²) in [5.74, 6) is -0.564. The van der Waals surface area contributed by atoms with Crippen molar-refractivity contribution < 1.29 is 8.78 Å². The van der Waals surface area contributed by atoms with Crippen LogP contribution in [0.3, 0.4) is 0 Å². The van der Waals surface area contributed by atoms with Gasteiger partial charge in [-0.25, -0.2) is 8.78 Å². The van der Waals surface area contributed by atoms with Crippen molar-refractivity contribution in [1.29, 1.82) is 0 Å². The Hall–Kier alpha value is -1.00. The summed E-state index contributed by atoms with van der Waals surface area (Å²) in [6.07, 6.45) is 1.06. The summed E-state index contributed by atoms with van der Waals surface area (Å²) < 4.78 is 26.6. The maximum Gasteiger partial charge on any atom is 0.130 e. The summed E-state index contributed by atoms with van der Waals surface area (Å²) in [7, 11) is 1.92. The standard InChI is InChI=1S/C14H22F2N2/c1-4-10(2)9-18(3)14(8-17)12-6-5-11(15)7-13(12)16/h5-7,10,14H,4,8-9,17H2,1-3H3. The van der Waals surface area contributed by atoms with Gasteiger partial charge < -0.3 is 5.73 Å². The highest BCUT2D eigenvalue weighted by molar-refractivity contribution is 5.22. The minimum Gasteiger partial charge on any atom is -0.329 e. The normalized spacial score (nSPS) is 14.8. The third kappa shape index (κ3) is 3.75. The molecular weight excluding hydrogens is 234 g/mol. The zero-order valence-electron chi connectivity index (χ0n) is 11.3. The molecule has 0 fully saturated rings. The molecule has 1 aromatic rings. The van der Waals surface area contributed by atoms with Crippen LogP contribution in [0.25, 0.3) is 0 Å². The highest BCUT2D eigenvalue weighted by Crippen LogP contribution is 2.23. The van der Waals surface area contributed by atoms with E-state index in [4.69, 9.17) is 5.73 Å². The Kier molecular flexibility index (Phi) is 5.69. The van der Waals surface area contributed by atoms with E-state index in [1.54, 1.807) is 0 Å². The Morgan fingerprint density at radius 3 is 2.50 bits per heavy atom. The smallest absolute Gasteiger partial charge is 0.130 e. The van der Waals surface area contributed by atoms with Gasteiger partial charge >= 0.3 is 0 Å². The van der Waals surface area contributed by atoms with Gasteiger partial charge in [0.1, 0.15) is 11.6 Å². The molecule has 0 aliphatic heterocycles. The van der Waals surface area contributed by atoms with Gasteiger partial charge in [-0.1, -0.05) is 26.3 Å². The second-order valence-corrected chi connectivity index (χ2v) is 4.87. The molecule has 2 unspecified atom stereocenters. The number of benzene rings is 1. The second kappa shape index (κ2) is 6.81. The van der Waals surface area contributed by atoms with Crippen LogP contribution in [0, 0.1) is 17.6 Å². The van der Waals surface area contributed by atoms with Gasteiger partial charge in [0.2, 0.25) is 0 Å². The van der Waals surface area contributed by atoms with Crippen LogP contribution in [0.1, 0.15) is 31.9 Å². The van der Waals surface area contributed by atoms with E-state index in [2.05, 4.69) is 13.8 Å². The zero-order valence-corrected chi connectivity index (χ0v) is 11.3. The van der Waals surface area contributed by atoms with Gasteiger partial charge in [0.05, 0.1) is 0 Å². The Morgan fingerprint density at radius 2 is 2.00 bits per heavy atom. The summed E-state index contributed by atoms with van der Waals surface area (Å²) in [5, 5.41) is 0. The average molecular weight is 256 g/mol. The van der Waals surface area contributed by atoms with Crippen molar-refractivity contribution >= 4 is 0 Å². The van der Waals surface area contributed by atoms with Crippen molar-refractivity contribution in [3.8, 4) is 0 Å². The maximum absolute atomic E-state index is 13.7. The Morgan fingerprint density at radius 1 is 1.33 bits per heavy atom. The molecular formula is C14H22F2N2. The van der Waals surface area contributed by atoms with Crippen LogP contribution in [-0.4, -0.2) is 25.0 Å². The lowest BCUT2D eigenvalue weighted by atomic mass is 10.0. The fourth-order valence-corrected chi connectivity index (χ4v) is 2.06. The molecule has 0 aromatic heterocycles. The molecule has 2 atom stereocenters. The molecule has 1 aromatic carbocycles. The summed E-state index contributed by atoms with van der Waals surface area (Å²) in [6.45, 7) is 5.42. The van der Waals surface area contributed by atoms with E-state index in [0.717, 1.165) is 19.0 Å². The number of likely N-dealkylation sites (N-methyl/N-ethyl adjacent to an activating group) is 1. The molecule has 0 heterocycles. The molecule has 102 valence electrons. The topological polar surface area (TPSA) is 29.3 Å². The van der Waals surface area contributed by atoms with E-state index in [-0.39, 0.29) is 6.04 Å². The van der Waals surface area contributed by atoms with Gasteiger partial charge in [0, 0.05) is 30.8 Å². The van der Waals surface area contributed by atoms with E-state index in [1.165, 1.54) is 12.1 Å². The van der Waals surface area contributed by atoms with Gasteiger partial charge in [-0.15, -0.1) is 0 Å². The van der Waals surface area contributed by atoms with E-state index in [1.807, 2.05) is 11.9 Å². The van der Waals surface area contributed by atoms with Crippen LogP contribution in [-0.2, 0) is 0 Å². The van der Waals surface area contributed by atoms with Crippen molar-refractivity contribution in [3.63, 3.8) is 0 Å². The van der Waals surface area contributed by atoms with Crippen LogP contribution in [0.15, 0.2) is 18.2 Å². The van der Waals surface area contributed by atoms with Crippen LogP contribution in [0.2, 0.25) is 0 Å². The molecule has 18 heavy (non-hydrogen) atoms. The second-order valence-electron chi connectivity index (χ2n) is 4.87. The minimum atomic E-state index is -0.559. The van der Waals surface area contributed by atoms with Crippen LogP contribution in [0.5, 0.6) is 0 Å². The molecule has 0 amide bonds. The number of hydrogen-bond acceptors (Lipinski definition) is 2. The maximum atomic E-state index is 13.7. The minimum absolute atomic E-state index is 0.209. The molecule has 0 saturated carbocycles. The average Bonchev–Trinajstić information content (AvgIpc) is 2.32.